The summed E-state index contributed by atoms with van der Waals surface area (Å²) in [6, 6.07) is 0.846. The van der Waals surface area contributed by atoms with Crippen molar-refractivity contribution in [1.82, 2.24) is 10.0 Å². The van der Waals surface area contributed by atoms with Gasteiger partial charge in [0.1, 0.15) is 0 Å². The zero-order valence-electron chi connectivity index (χ0n) is 11.7. The molecular weight excluding hydrogens is 208 g/mol. The summed E-state index contributed by atoms with van der Waals surface area (Å²) < 4.78 is 0. The van der Waals surface area contributed by atoms with Crippen LogP contribution < -0.4 is 0 Å². The first-order chi connectivity index (χ1) is 8.38. The van der Waals surface area contributed by atoms with Crippen LogP contribution in [0.3, 0.4) is 0 Å². The highest BCUT2D eigenvalue weighted by atomic mass is 15.6. The van der Waals surface area contributed by atoms with Crippen LogP contribution in [0.4, 0.5) is 0 Å². The van der Waals surface area contributed by atoms with E-state index in [2.05, 4.69) is 17.1 Å². The van der Waals surface area contributed by atoms with Gasteiger partial charge in [-0.3, -0.25) is 0 Å². The maximum atomic E-state index is 2.71. The molecule has 0 aromatic carbocycles. The predicted molar refractivity (Wildman–Crippen MR) is 73.9 cm³/mol. The molecule has 0 aromatic rings. The summed E-state index contributed by atoms with van der Waals surface area (Å²) in [5.74, 6) is 0. The first kappa shape index (κ1) is 13.4. The van der Waals surface area contributed by atoms with Gasteiger partial charge >= 0.3 is 0 Å². The Bertz CT molecular complexity index is 197. The monoisotopic (exact) mass is 238 g/mol. The largest absolute Gasteiger partial charge is 0.245 e. The van der Waals surface area contributed by atoms with E-state index in [1.165, 1.54) is 83.7 Å². The molecule has 1 aliphatic carbocycles. The Kier molecular flexibility index (Phi) is 5.79. The first-order valence-corrected chi connectivity index (χ1v) is 7.85. The van der Waals surface area contributed by atoms with Crippen LogP contribution >= 0.6 is 0 Å². The summed E-state index contributed by atoms with van der Waals surface area (Å²) in [5.41, 5.74) is 0. The molecule has 1 aliphatic heterocycles. The molecule has 0 bridgehead atoms. The van der Waals surface area contributed by atoms with Crippen LogP contribution in [-0.4, -0.2) is 36.2 Å². The van der Waals surface area contributed by atoms with E-state index in [1.807, 2.05) is 0 Å². The number of rotatable bonds is 1. The minimum atomic E-state index is 0.846. The third kappa shape index (κ3) is 4.26. The van der Waals surface area contributed by atoms with Gasteiger partial charge in [-0.05, 0) is 25.7 Å². The van der Waals surface area contributed by atoms with Crippen molar-refractivity contribution in [1.29, 1.82) is 0 Å². The predicted octanol–water partition coefficient (Wildman–Crippen LogP) is 3.82. The third-order valence-electron chi connectivity index (χ3n) is 4.55. The average molecular weight is 238 g/mol. The molecule has 0 radical (unpaired) electrons. The Morgan fingerprint density at radius 3 is 1.88 bits per heavy atom. The highest BCUT2D eigenvalue weighted by Crippen LogP contribution is 2.24. The summed E-state index contributed by atoms with van der Waals surface area (Å²) in [6.45, 7) is 2.58. The van der Waals surface area contributed by atoms with E-state index in [0.717, 1.165) is 6.04 Å². The molecule has 1 saturated carbocycles. The highest BCUT2D eigenvalue weighted by Gasteiger charge is 2.23. The number of nitrogens with zero attached hydrogens (tertiary/aromatic N) is 2. The molecule has 0 spiro atoms. The normalized spacial score (nSPS) is 28.1. The van der Waals surface area contributed by atoms with Crippen LogP contribution in [0.5, 0.6) is 0 Å². The zero-order chi connectivity index (χ0) is 11.9. The van der Waals surface area contributed by atoms with Gasteiger partial charge in [-0.25, -0.2) is 10.0 Å². The molecular formula is C15H30N2. The van der Waals surface area contributed by atoms with Gasteiger partial charge in [-0.15, -0.1) is 0 Å². The van der Waals surface area contributed by atoms with E-state index in [-0.39, 0.29) is 0 Å². The van der Waals surface area contributed by atoms with Crippen LogP contribution in [0.1, 0.15) is 70.6 Å². The van der Waals surface area contributed by atoms with Gasteiger partial charge in [0.2, 0.25) is 0 Å². The Morgan fingerprint density at radius 1 is 0.647 bits per heavy atom. The second-order valence-corrected chi connectivity index (χ2v) is 5.96. The summed E-state index contributed by atoms with van der Waals surface area (Å²) in [5, 5.41) is 5.25. The van der Waals surface area contributed by atoms with E-state index >= 15 is 0 Å². The van der Waals surface area contributed by atoms with Gasteiger partial charge in [0.15, 0.2) is 0 Å². The molecule has 0 atom stereocenters. The lowest BCUT2D eigenvalue weighted by molar-refractivity contribution is -0.0550. The van der Waals surface area contributed by atoms with Crippen molar-refractivity contribution in [3.8, 4) is 0 Å². The van der Waals surface area contributed by atoms with Gasteiger partial charge in [0.05, 0.1) is 0 Å². The molecule has 0 aromatic heterocycles. The molecule has 0 unspecified atom stereocenters. The van der Waals surface area contributed by atoms with Crippen molar-refractivity contribution in [2.75, 3.05) is 20.1 Å². The minimum absolute atomic E-state index is 0.846. The molecule has 0 N–H and O–H groups in total. The van der Waals surface area contributed by atoms with Crippen LogP contribution in [0.15, 0.2) is 0 Å². The number of hydrogen-bond donors (Lipinski definition) is 0. The number of hydrogen-bond acceptors (Lipinski definition) is 2. The lowest BCUT2D eigenvalue weighted by Crippen LogP contribution is -2.48. The molecule has 1 saturated heterocycles. The van der Waals surface area contributed by atoms with Crippen LogP contribution in [0.2, 0.25) is 0 Å². The van der Waals surface area contributed by atoms with Crippen LogP contribution in [0.25, 0.3) is 0 Å². The molecule has 2 fully saturated rings. The molecule has 1 heterocycles. The van der Waals surface area contributed by atoms with Gasteiger partial charge in [-0.1, -0.05) is 44.9 Å². The fraction of sp³-hybridized carbons (Fsp3) is 1.00. The second kappa shape index (κ2) is 7.38. The lowest BCUT2D eigenvalue weighted by Gasteiger charge is -2.40. The Balaban J connectivity index is 1.90. The molecule has 0 amide bonds. The van der Waals surface area contributed by atoms with Crippen molar-refractivity contribution in [3.63, 3.8) is 0 Å². The molecule has 2 heteroatoms. The molecule has 2 rings (SSSR count). The quantitative estimate of drug-likeness (QED) is 0.685. The van der Waals surface area contributed by atoms with E-state index in [1.54, 1.807) is 0 Å². The van der Waals surface area contributed by atoms with Crippen molar-refractivity contribution in [2.24, 2.45) is 0 Å². The van der Waals surface area contributed by atoms with Crippen LogP contribution in [0, 0.1) is 0 Å². The van der Waals surface area contributed by atoms with Gasteiger partial charge < -0.3 is 0 Å². The minimum Gasteiger partial charge on any atom is -0.245 e. The molecule has 2 aliphatic rings. The fourth-order valence-electron chi connectivity index (χ4n) is 3.46. The highest BCUT2D eigenvalue weighted by molar-refractivity contribution is 4.73. The van der Waals surface area contributed by atoms with Crippen molar-refractivity contribution >= 4 is 0 Å². The smallest absolute Gasteiger partial charge is 0.0245 e. The molecule has 100 valence electrons. The summed E-state index contributed by atoms with van der Waals surface area (Å²) in [4.78, 5) is 0. The fourth-order valence-corrected chi connectivity index (χ4v) is 3.46. The van der Waals surface area contributed by atoms with Crippen molar-refractivity contribution < 1.29 is 0 Å². The standard InChI is InChI=1S/C15H30N2/c1-16-13-9-5-6-10-14-17(16)15-11-7-3-2-4-8-12-15/h15H,2-14H2,1H3. The van der Waals surface area contributed by atoms with Gasteiger partial charge in [0, 0.05) is 26.2 Å². The van der Waals surface area contributed by atoms with E-state index in [9.17, 15) is 0 Å². The summed E-state index contributed by atoms with van der Waals surface area (Å²) >= 11 is 0. The van der Waals surface area contributed by atoms with Gasteiger partial charge in [0.25, 0.3) is 0 Å². The molecule has 17 heavy (non-hydrogen) atoms. The van der Waals surface area contributed by atoms with Crippen molar-refractivity contribution in [2.45, 2.75) is 76.7 Å². The Morgan fingerprint density at radius 2 is 1.18 bits per heavy atom. The lowest BCUT2D eigenvalue weighted by atomic mass is 9.96. The molecule has 2 nitrogen and oxygen atoms in total. The maximum Gasteiger partial charge on any atom is 0.0245 e. The maximum absolute atomic E-state index is 2.71. The average Bonchev–Trinajstić information content (AvgIpc) is 2.26. The summed E-state index contributed by atoms with van der Waals surface area (Å²) in [7, 11) is 2.31. The zero-order valence-corrected chi connectivity index (χ0v) is 11.7. The topological polar surface area (TPSA) is 6.48 Å². The third-order valence-corrected chi connectivity index (χ3v) is 4.55. The SMILES string of the molecule is CN1CCCCCCN1C1CCCCCCC1. The van der Waals surface area contributed by atoms with Crippen LogP contribution in [-0.2, 0) is 0 Å². The Labute approximate surface area is 107 Å². The first-order valence-electron chi connectivity index (χ1n) is 7.85. The van der Waals surface area contributed by atoms with Gasteiger partial charge in [-0.2, -0.15) is 0 Å². The van der Waals surface area contributed by atoms with E-state index in [0.29, 0.717) is 0 Å². The van der Waals surface area contributed by atoms with Crippen molar-refractivity contribution in [3.05, 3.63) is 0 Å². The van der Waals surface area contributed by atoms with E-state index in [4.69, 9.17) is 0 Å². The Hall–Kier alpha value is -0.0800. The van der Waals surface area contributed by atoms with E-state index < -0.39 is 0 Å². The second-order valence-electron chi connectivity index (χ2n) is 5.96. The summed E-state index contributed by atoms with van der Waals surface area (Å²) in [6.07, 6.45) is 15.9. The number of hydrazine groups is 1.